The number of rotatable bonds is 9. The standard InChI is InChI=1S/C29H29FN2O2/c1-3-5-9-21-12-18-25(19-13-21)32-28(33)26(23-14-16-24(30)17-15-23)27(29(32)34)31(4-2)20-22-10-7-6-8-11-22/h6-8,10-19H,3-5,9,20H2,1-2H3. The maximum absolute atomic E-state index is 13.7. The monoisotopic (exact) mass is 456 g/mol. The summed E-state index contributed by atoms with van der Waals surface area (Å²) in [5, 5.41) is 0. The number of imide groups is 1. The van der Waals surface area contributed by atoms with Crippen LogP contribution in [0.25, 0.3) is 5.57 Å². The molecule has 0 aliphatic carbocycles. The second kappa shape index (κ2) is 10.5. The molecule has 174 valence electrons. The Balaban J connectivity index is 1.75. The third-order valence-electron chi connectivity index (χ3n) is 6.12. The molecule has 3 aromatic rings. The van der Waals surface area contributed by atoms with Crippen molar-refractivity contribution in [3.8, 4) is 0 Å². The van der Waals surface area contributed by atoms with Crippen molar-refractivity contribution >= 4 is 23.1 Å². The van der Waals surface area contributed by atoms with Gasteiger partial charge >= 0.3 is 0 Å². The van der Waals surface area contributed by atoms with E-state index in [1.54, 1.807) is 12.1 Å². The first-order valence-electron chi connectivity index (χ1n) is 11.8. The van der Waals surface area contributed by atoms with Gasteiger partial charge in [0.1, 0.15) is 11.5 Å². The molecule has 3 aromatic carbocycles. The molecule has 0 saturated heterocycles. The van der Waals surface area contributed by atoms with Gasteiger partial charge in [0.25, 0.3) is 11.8 Å². The molecule has 4 rings (SSSR count). The number of aryl methyl sites for hydroxylation is 1. The van der Waals surface area contributed by atoms with E-state index in [1.807, 2.05) is 66.4 Å². The highest BCUT2D eigenvalue weighted by atomic mass is 19.1. The van der Waals surface area contributed by atoms with E-state index in [-0.39, 0.29) is 17.6 Å². The molecule has 1 heterocycles. The third kappa shape index (κ3) is 4.79. The first-order valence-corrected chi connectivity index (χ1v) is 11.8. The zero-order valence-electron chi connectivity index (χ0n) is 19.6. The smallest absolute Gasteiger partial charge is 0.282 e. The first-order chi connectivity index (χ1) is 16.5. The summed E-state index contributed by atoms with van der Waals surface area (Å²) < 4.78 is 13.6. The summed E-state index contributed by atoms with van der Waals surface area (Å²) in [4.78, 5) is 30.6. The van der Waals surface area contributed by atoms with Gasteiger partial charge in [-0.15, -0.1) is 0 Å². The molecule has 5 heteroatoms. The summed E-state index contributed by atoms with van der Waals surface area (Å²) in [7, 11) is 0. The molecule has 0 fully saturated rings. The Kier molecular flexibility index (Phi) is 7.21. The Hall–Kier alpha value is -3.73. The Labute approximate surface area is 200 Å². The summed E-state index contributed by atoms with van der Waals surface area (Å²) in [6, 6.07) is 23.2. The topological polar surface area (TPSA) is 40.6 Å². The number of carbonyl (C=O) groups is 2. The van der Waals surface area contributed by atoms with E-state index in [2.05, 4.69) is 6.92 Å². The maximum Gasteiger partial charge on any atom is 0.282 e. The zero-order valence-corrected chi connectivity index (χ0v) is 19.6. The van der Waals surface area contributed by atoms with Gasteiger partial charge in [0.15, 0.2) is 0 Å². The highest BCUT2D eigenvalue weighted by Crippen LogP contribution is 2.35. The van der Waals surface area contributed by atoms with Gasteiger partial charge < -0.3 is 4.90 Å². The van der Waals surface area contributed by atoms with Gasteiger partial charge in [0.05, 0.1) is 11.3 Å². The number of hydrogen-bond donors (Lipinski definition) is 0. The van der Waals surface area contributed by atoms with Gasteiger partial charge in [0.2, 0.25) is 0 Å². The summed E-state index contributed by atoms with van der Waals surface area (Å²) in [5.41, 5.74) is 3.94. The molecule has 1 aliphatic rings. The second-order valence-corrected chi connectivity index (χ2v) is 8.45. The van der Waals surface area contributed by atoms with Gasteiger partial charge in [-0.1, -0.05) is 67.9 Å². The largest absolute Gasteiger partial charge is 0.362 e. The molecule has 0 unspecified atom stereocenters. The second-order valence-electron chi connectivity index (χ2n) is 8.45. The molecule has 0 aromatic heterocycles. The average molecular weight is 457 g/mol. The summed E-state index contributed by atoms with van der Waals surface area (Å²) in [6.07, 6.45) is 3.16. The molecule has 4 nitrogen and oxygen atoms in total. The lowest BCUT2D eigenvalue weighted by Crippen LogP contribution is -2.35. The lowest BCUT2D eigenvalue weighted by atomic mass is 10.0. The van der Waals surface area contributed by atoms with Crippen LogP contribution in [-0.4, -0.2) is 23.3 Å². The fourth-order valence-corrected chi connectivity index (χ4v) is 4.27. The predicted molar refractivity (Wildman–Crippen MR) is 133 cm³/mol. The summed E-state index contributed by atoms with van der Waals surface area (Å²) in [5.74, 6) is -1.14. The third-order valence-corrected chi connectivity index (χ3v) is 6.12. The number of hydrogen-bond acceptors (Lipinski definition) is 3. The van der Waals surface area contributed by atoms with Crippen molar-refractivity contribution in [2.75, 3.05) is 11.4 Å². The quantitative estimate of drug-likeness (QED) is 0.372. The van der Waals surface area contributed by atoms with Gasteiger partial charge in [-0.3, -0.25) is 9.59 Å². The van der Waals surface area contributed by atoms with Crippen LogP contribution < -0.4 is 4.90 Å². The van der Waals surface area contributed by atoms with Crippen LogP contribution in [0.5, 0.6) is 0 Å². The lowest BCUT2D eigenvalue weighted by Gasteiger charge is -2.25. The number of unbranched alkanes of at least 4 members (excludes halogenated alkanes) is 1. The molecule has 2 amide bonds. The molecule has 0 saturated carbocycles. The van der Waals surface area contributed by atoms with Crippen molar-refractivity contribution in [3.63, 3.8) is 0 Å². The highest BCUT2D eigenvalue weighted by molar-refractivity contribution is 6.45. The van der Waals surface area contributed by atoms with Crippen LogP contribution in [0, 0.1) is 5.82 Å². The van der Waals surface area contributed by atoms with E-state index in [0.29, 0.717) is 35.6 Å². The predicted octanol–water partition coefficient (Wildman–Crippen LogP) is 5.97. The zero-order chi connectivity index (χ0) is 24.1. The van der Waals surface area contributed by atoms with Crippen LogP contribution in [0.2, 0.25) is 0 Å². The van der Waals surface area contributed by atoms with Crippen LogP contribution in [0.15, 0.2) is 84.6 Å². The van der Waals surface area contributed by atoms with Crippen LogP contribution in [0.4, 0.5) is 10.1 Å². The molecular formula is C29H29FN2O2. The van der Waals surface area contributed by atoms with E-state index >= 15 is 0 Å². The Morgan fingerprint density at radius 3 is 2.09 bits per heavy atom. The number of benzene rings is 3. The minimum absolute atomic E-state index is 0.304. The van der Waals surface area contributed by atoms with E-state index in [0.717, 1.165) is 24.8 Å². The van der Waals surface area contributed by atoms with Crippen molar-refractivity contribution in [2.45, 2.75) is 39.7 Å². The summed E-state index contributed by atoms with van der Waals surface area (Å²) in [6.45, 7) is 5.13. The number of halogens is 1. The minimum Gasteiger partial charge on any atom is -0.362 e. The van der Waals surface area contributed by atoms with E-state index < -0.39 is 0 Å². The van der Waals surface area contributed by atoms with Crippen LogP contribution >= 0.6 is 0 Å². The fourth-order valence-electron chi connectivity index (χ4n) is 4.27. The molecule has 0 bridgehead atoms. The normalized spacial score (nSPS) is 13.7. The van der Waals surface area contributed by atoms with Gasteiger partial charge in [-0.25, -0.2) is 9.29 Å². The number of carbonyl (C=O) groups excluding carboxylic acids is 2. The number of nitrogens with zero attached hydrogens (tertiary/aromatic N) is 2. The SMILES string of the molecule is CCCCc1ccc(N2C(=O)C(c3ccc(F)cc3)=C(N(CC)Cc3ccccc3)C2=O)cc1. The molecule has 0 N–H and O–H groups in total. The molecule has 1 aliphatic heterocycles. The van der Waals surface area contributed by atoms with Crippen molar-refractivity contribution in [1.82, 2.24) is 4.90 Å². The fraction of sp³-hybridized carbons (Fsp3) is 0.241. The maximum atomic E-state index is 13.7. The number of likely N-dealkylation sites (N-methyl/N-ethyl adjacent to an activating group) is 1. The average Bonchev–Trinajstić information content (AvgIpc) is 3.12. The van der Waals surface area contributed by atoms with Crippen molar-refractivity contribution in [1.29, 1.82) is 0 Å². The Bertz CT molecular complexity index is 1190. The van der Waals surface area contributed by atoms with E-state index in [9.17, 15) is 14.0 Å². The minimum atomic E-state index is -0.390. The number of anilines is 1. The van der Waals surface area contributed by atoms with Crippen molar-refractivity contribution < 1.29 is 14.0 Å². The van der Waals surface area contributed by atoms with E-state index in [4.69, 9.17) is 0 Å². The van der Waals surface area contributed by atoms with E-state index in [1.165, 1.54) is 22.6 Å². The molecule has 0 spiro atoms. The van der Waals surface area contributed by atoms with Crippen LogP contribution in [-0.2, 0) is 22.6 Å². The first kappa shape index (κ1) is 23.4. The summed E-state index contributed by atoms with van der Waals surface area (Å²) >= 11 is 0. The van der Waals surface area contributed by atoms with Crippen molar-refractivity contribution in [3.05, 3.63) is 107 Å². The number of amides is 2. The van der Waals surface area contributed by atoms with Crippen LogP contribution in [0.3, 0.4) is 0 Å². The molecule has 0 atom stereocenters. The molecule has 0 radical (unpaired) electrons. The van der Waals surface area contributed by atoms with Crippen LogP contribution in [0.1, 0.15) is 43.4 Å². The lowest BCUT2D eigenvalue weighted by molar-refractivity contribution is -0.120. The van der Waals surface area contributed by atoms with Gasteiger partial charge in [-0.2, -0.15) is 0 Å². The van der Waals surface area contributed by atoms with Gasteiger partial charge in [0, 0.05) is 13.1 Å². The van der Waals surface area contributed by atoms with Gasteiger partial charge in [-0.05, 0) is 60.7 Å². The Morgan fingerprint density at radius 1 is 0.794 bits per heavy atom. The Morgan fingerprint density at radius 2 is 1.47 bits per heavy atom. The van der Waals surface area contributed by atoms with Crippen molar-refractivity contribution in [2.24, 2.45) is 0 Å². The highest BCUT2D eigenvalue weighted by Gasteiger charge is 2.42. The molecular weight excluding hydrogens is 427 g/mol. The molecule has 34 heavy (non-hydrogen) atoms.